The zero-order chi connectivity index (χ0) is 13.1. The van der Waals surface area contributed by atoms with Gasteiger partial charge in [-0.1, -0.05) is 6.07 Å². The van der Waals surface area contributed by atoms with Gasteiger partial charge in [-0.2, -0.15) is 4.98 Å². The van der Waals surface area contributed by atoms with Crippen LogP contribution in [0.15, 0.2) is 30.3 Å². The van der Waals surface area contributed by atoms with E-state index in [0.717, 1.165) is 0 Å². The van der Waals surface area contributed by atoms with Crippen LogP contribution in [0.25, 0.3) is 0 Å². The summed E-state index contributed by atoms with van der Waals surface area (Å²) < 4.78 is 18.8. The molecule has 0 aliphatic heterocycles. The Kier molecular flexibility index (Phi) is 3.32. The number of aromatic nitrogens is 1. The lowest BCUT2D eigenvalue weighted by molar-refractivity contribution is 0.458. The van der Waals surface area contributed by atoms with Crippen molar-refractivity contribution in [3.63, 3.8) is 0 Å². The highest BCUT2D eigenvalue weighted by Crippen LogP contribution is 2.25. The molecule has 1 aromatic carbocycles. The van der Waals surface area contributed by atoms with Crippen molar-refractivity contribution in [3.05, 3.63) is 41.7 Å². The molecule has 1 aromatic heterocycles. The predicted octanol–water partition coefficient (Wildman–Crippen LogP) is 2.95. The summed E-state index contributed by atoms with van der Waals surface area (Å²) in [5.74, 6) is 0.978. The number of benzene rings is 1. The number of halogens is 1. The number of nitrogen functional groups attached to an aromatic ring is 1. The molecule has 4 nitrogen and oxygen atoms in total. The molecule has 3 N–H and O–H groups in total. The molecule has 1 heterocycles. The Labute approximate surface area is 105 Å². The fraction of sp³-hybridized carbons (Fsp3) is 0.154. The number of aryl methyl sites for hydroxylation is 1. The average molecular weight is 247 g/mol. The lowest BCUT2D eigenvalue weighted by Crippen LogP contribution is -2.00. The Bertz CT molecular complexity index is 572. The second kappa shape index (κ2) is 4.91. The Hall–Kier alpha value is -2.30. The van der Waals surface area contributed by atoms with Gasteiger partial charge in [-0.15, -0.1) is 0 Å². The van der Waals surface area contributed by atoms with E-state index in [2.05, 4.69) is 10.3 Å². The topological polar surface area (TPSA) is 60.2 Å². The van der Waals surface area contributed by atoms with Crippen LogP contribution in [-0.2, 0) is 0 Å². The summed E-state index contributed by atoms with van der Waals surface area (Å²) in [6.07, 6.45) is 0. The lowest BCUT2D eigenvalue weighted by atomic mass is 10.2. The van der Waals surface area contributed by atoms with Crippen molar-refractivity contribution >= 4 is 11.5 Å². The van der Waals surface area contributed by atoms with Crippen molar-refractivity contribution in [1.82, 2.24) is 4.98 Å². The van der Waals surface area contributed by atoms with Crippen LogP contribution in [0.4, 0.5) is 15.9 Å². The summed E-state index contributed by atoms with van der Waals surface area (Å²) in [6, 6.07) is 7.98. The molecule has 0 atom stereocenters. The minimum atomic E-state index is -0.309. The highest BCUT2D eigenvalue weighted by atomic mass is 19.1. The summed E-state index contributed by atoms with van der Waals surface area (Å²) in [5.41, 5.74) is 6.80. The summed E-state index contributed by atoms with van der Waals surface area (Å²) in [7, 11) is 1.72. The molecule has 0 saturated carbocycles. The summed E-state index contributed by atoms with van der Waals surface area (Å²) >= 11 is 0. The minimum absolute atomic E-state index is 0.309. The molecular weight excluding hydrogens is 233 g/mol. The fourth-order valence-corrected chi connectivity index (χ4v) is 1.47. The van der Waals surface area contributed by atoms with Crippen molar-refractivity contribution in [2.75, 3.05) is 18.1 Å². The Balaban J connectivity index is 2.25. The van der Waals surface area contributed by atoms with Crippen molar-refractivity contribution in [3.8, 4) is 11.6 Å². The highest BCUT2D eigenvalue weighted by molar-refractivity contribution is 5.61. The third kappa shape index (κ3) is 2.51. The van der Waals surface area contributed by atoms with Crippen LogP contribution in [-0.4, -0.2) is 12.0 Å². The molecule has 5 heteroatoms. The van der Waals surface area contributed by atoms with E-state index in [1.54, 1.807) is 38.2 Å². The number of rotatable bonds is 3. The quantitative estimate of drug-likeness (QED) is 0.875. The lowest BCUT2D eigenvalue weighted by Gasteiger charge is -2.09. The first kappa shape index (κ1) is 12.2. The number of ether oxygens (including phenoxy) is 1. The van der Waals surface area contributed by atoms with Crippen LogP contribution < -0.4 is 15.8 Å². The van der Waals surface area contributed by atoms with Gasteiger partial charge < -0.3 is 15.8 Å². The highest BCUT2D eigenvalue weighted by Gasteiger charge is 2.05. The van der Waals surface area contributed by atoms with Crippen LogP contribution in [0.5, 0.6) is 11.6 Å². The first-order chi connectivity index (χ1) is 8.60. The first-order valence-corrected chi connectivity index (χ1v) is 5.48. The molecule has 0 aliphatic rings. The molecule has 0 spiro atoms. The predicted molar refractivity (Wildman–Crippen MR) is 69.4 cm³/mol. The van der Waals surface area contributed by atoms with Gasteiger partial charge in [0.25, 0.3) is 0 Å². The second-order valence-corrected chi connectivity index (χ2v) is 3.85. The van der Waals surface area contributed by atoms with E-state index >= 15 is 0 Å². The third-order valence-corrected chi connectivity index (χ3v) is 2.50. The fourth-order valence-electron chi connectivity index (χ4n) is 1.47. The monoisotopic (exact) mass is 247 g/mol. The molecular formula is C13H14FN3O. The molecule has 18 heavy (non-hydrogen) atoms. The molecule has 2 rings (SSSR count). The minimum Gasteiger partial charge on any atom is -0.439 e. The number of hydrogen-bond donors (Lipinski definition) is 2. The van der Waals surface area contributed by atoms with Crippen LogP contribution in [0.1, 0.15) is 5.56 Å². The Morgan fingerprint density at radius 1 is 1.28 bits per heavy atom. The molecule has 0 radical (unpaired) electrons. The van der Waals surface area contributed by atoms with Crippen LogP contribution in [0.3, 0.4) is 0 Å². The summed E-state index contributed by atoms with van der Waals surface area (Å²) in [6.45, 7) is 1.69. The normalized spacial score (nSPS) is 10.2. The van der Waals surface area contributed by atoms with E-state index in [1.165, 1.54) is 6.07 Å². The van der Waals surface area contributed by atoms with Crippen molar-refractivity contribution < 1.29 is 9.13 Å². The van der Waals surface area contributed by atoms with Crippen molar-refractivity contribution in [1.29, 1.82) is 0 Å². The number of nitrogens with one attached hydrogen (secondary N) is 1. The van der Waals surface area contributed by atoms with E-state index < -0.39 is 0 Å². The Morgan fingerprint density at radius 3 is 2.72 bits per heavy atom. The first-order valence-electron chi connectivity index (χ1n) is 5.48. The average Bonchev–Trinajstić information content (AvgIpc) is 2.36. The second-order valence-electron chi connectivity index (χ2n) is 3.85. The molecule has 0 fully saturated rings. The van der Waals surface area contributed by atoms with Gasteiger partial charge >= 0.3 is 0 Å². The molecule has 0 bridgehead atoms. The van der Waals surface area contributed by atoms with E-state index in [0.29, 0.717) is 28.7 Å². The SMILES string of the molecule is CNc1nc(Oc2ccc(C)c(F)c2)ccc1N. The van der Waals surface area contributed by atoms with Gasteiger partial charge in [0.1, 0.15) is 11.6 Å². The number of nitrogens with two attached hydrogens (primary N) is 1. The van der Waals surface area contributed by atoms with Crippen LogP contribution in [0, 0.1) is 12.7 Å². The number of anilines is 2. The van der Waals surface area contributed by atoms with Crippen LogP contribution in [0.2, 0.25) is 0 Å². The molecule has 0 unspecified atom stereocenters. The van der Waals surface area contributed by atoms with Crippen LogP contribution >= 0.6 is 0 Å². The van der Waals surface area contributed by atoms with Gasteiger partial charge in [-0.3, -0.25) is 0 Å². The van der Waals surface area contributed by atoms with E-state index in [4.69, 9.17) is 10.5 Å². The molecule has 0 amide bonds. The molecule has 2 aromatic rings. The van der Waals surface area contributed by atoms with E-state index in [9.17, 15) is 4.39 Å². The van der Waals surface area contributed by atoms with Gasteiger partial charge in [0.2, 0.25) is 5.88 Å². The molecule has 0 aliphatic carbocycles. The number of hydrogen-bond acceptors (Lipinski definition) is 4. The zero-order valence-electron chi connectivity index (χ0n) is 10.2. The van der Waals surface area contributed by atoms with Gasteiger partial charge in [-0.05, 0) is 24.6 Å². The number of pyridine rings is 1. The van der Waals surface area contributed by atoms with Gasteiger partial charge in [0.15, 0.2) is 5.82 Å². The van der Waals surface area contributed by atoms with Crippen molar-refractivity contribution in [2.24, 2.45) is 0 Å². The summed E-state index contributed by atoms with van der Waals surface area (Å²) in [4.78, 5) is 4.16. The van der Waals surface area contributed by atoms with Gasteiger partial charge in [0, 0.05) is 19.2 Å². The third-order valence-electron chi connectivity index (χ3n) is 2.50. The van der Waals surface area contributed by atoms with E-state index in [1.807, 2.05) is 0 Å². The van der Waals surface area contributed by atoms with E-state index in [-0.39, 0.29) is 5.82 Å². The largest absolute Gasteiger partial charge is 0.439 e. The maximum atomic E-state index is 13.4. The van der Waals surface area contributed by atoms with Crippen molar-refractivity contribution in [2.45, 2.75) is 6.92 Å². The maximum absolute atomic E-state index is 13.4. The van der Waals surface area contributed by atoms with Gasteiger partial charge in [0.05, 0.1) is 5.69 Å². The number of nitrogens with zero attached hydrogens (tertiary/aromatic N) is 1. The Morgan fingerprint density at radius 2 is 2.06 bits per heavy atom. The van der Waals surface area contributed by atoms with Gasteiger partial charge in [-0.25, -0.2) is 4.39 Å². The molecule has 0 saturated heterocycles. The summed E-state index contributed by atoms with van der Waals surface area (Å²) in [5, 5.41) is 2.85. The smallest absolute Gasteiger partial charge is 0.221 e. The molecule has 94 valence electrons. The zero-order valence-corrected chi connectivity index (χ0v) is 10.2. The maximum Gasteiger partial charge on any atom is 0.221 e. The standard InChI is InChI=1S/C13H14FN3O/c1-8-3-4-9(7-10(8)14)18-12-6-5-11(15)13(16-2)17-12/h3-7H,15H2,1-2H3,(H,16,17).